The van der Waals surface area contributed by atoms with Gasteiger partial charge >= 0.3 is 5.69 Å². The number of hydrogen-bond donors (Lipinski definition) is 0. The number of ether oxygens (including phenoxy) is 3. The topological polar surface area (TPSA) is 85.3 Å². The van der Waals surface area contributed by atoms with Crippen LogP contribution < -0.4 is 15.2 Å². The first-order valence-electron chi connectivity index (χ1n) is 11.2. The van der Waals surface area contributed by atoms with Gasteiger partial charge in [-0.1, -0.05) is 12.1 Å². The Bertz CT molecular complexity index is 1610. The summed E-state index contributed by atoms with van der Waals surface area (Å²) in [7, 11) is 6.87. The summed E-state index contributed by atoms with van der Waals surface area (Å²) < 4.78 is 21.5. The number of pyridine rings is 1. The summed E-state index contributed by atoms with van der Waals surface area (Å²) >= 11 is 0. The smallest absolute Gasteiger partial charge is 0.333 e. The van der Waals surface area contributed by atoms with Crippen molar-refractivity contribution in [1.29, 1.82) is 0 Å². The van der Waals surface area contributed by atoms with Crippen LogP contribution in [0.5, 0.6) is 11.5 Å². The third-order valence-electron chi connectivity index (χ3n) is 6.15. The van der Waals surface area contributed by atoms with E-state index in [2.05, 4.69) is 16.1 Å². The summed E-state index contributed by atoms with van der Waals surface area (Å²) in [5.74, 6) is 1.29. The molecule has 0 unspecified atom stereocenters. The molecular formula is C26H27N5O4. The van der Waals surface area contributed by atoms with Gasteiger partial charge in [-0.2, -0.15) is 5.10 Å². The van der Waals surface area contributed by atoms with Gasteiger partial charge in [-0.05, 0) is 42.3 Å². The van der Waals surface area contributed by atoms with Crippen molar-refractivity contribution in [2.45, 2.75) is 6.92 Å². The van der Waals surface area contributed by atoms with E-state index in [1.807, 2.05) is 50.5 Å². The van der Waals surface area contributed by atoms with Crippen molar-refractivity contribution < 1.29 is 14.2 Å². The van der Waals surface area contributed by atoms with Gasteiger partial charge in [0, 0.05) is 32.8 Å². The van der Waals surface area contributed by atoms with Gasteiger partial charge in [0.15, 0.2) is 11.5 Å². The predicted molar refractivity (Wildman–Crippen MR) is 135 cm³/mol. The Morgan fingerprint density at radius 2 is 1.74 bits per heavy atom. The highest BCUT2D eigenvalue weighted by Crippen LogP contribution is 2.35. The molecule has 0 atom stereocenters. The van der Waals surface area contributed by atoms with Crippen LogP contribution in [-0.4, -0.2) is 51.3 Å². The van der Waals surface area contributed by atoms with E-state index < -0.39 is 0 Å². The Kier molecular flexibility index (Phi) is 5.78. The third-order valence-corrected chi connectivity index (χ3v) is 6.15. The highest BCUT2D eigenvalue weighted by Gasteiger charge is 2.19. The summed E-state index contributed by atoms with van der Waals surface area (Å²) in [6.07, 6.45) is 3.61. The highest BCUT2D eigenvalue weighted by atomic mass is 16.5. The van der Waals surface area contributed by atoms with Gasteiger partial charge in [0.1, 0.15) is 6.61 Å². The number of nitrogens with zero attached hydrogens (tertiary/aromatic N) is 5. The molecule has 0 spiro atoms. The summed E-state index contributed by atoms with van der Waals surface area (Å²) in [6.45, 7) is 2.83. The molecule has 0 saturated heterocycles. The largest absolute Gasteiger partial charge is 0.493 e. The van der Waals surface area contributed by atoms with Gasteiger partial charge in [-0.25, -0.2) is 4.79 Å². The number of hydrogen-bond acceptors (Lipinski definition) is 6. The summed E-state index contributed by atoms with van der Waals surface area (Å²) in [6, 6.07) is 11.9. The Hall–Kier alpha value is -4.11. The Labute approximate surface area is 202 Å². The van der Waals surface area contributed by atoms with Crippen molar-refractivity contribution in [3.05, 3.63) is 65.0 Å². The monoisotopic (exact) mass is 473 g/mol. The molecule has 0 bridgehead atoms. The summed E-state index contributed by atoms with van der Waals surface area (Å²) in [4.78, 5) is 17.9. The summed E-state index contributed by atoms with van der Waals surface area (Å²) in [5.41, 5.74) is 5.66. The van der Waals surface area contributed by atoms with Gasteiger partial charge in [0.2, 0.25) is 0 Å². The zero-order valence-corrected chi connectivity index (χ0v) is 20.4. The number of methoxy groups -OCH3 is 2. The number of benzene rings is 2. The first-order chi connectivity index (χ1) is 16.9. The van der Waals surface area contributed by atoms with E-state index in [0.717, 1.165) is 44.4 Å². The first kappa shape index (κ1) is 22.7. The van der Waals surface area contributed by atoms with Crippen LogP contribution in [0.2, 0.25) is 0 Å². The minimum absolute atomic E-state index is 0.143. The van der Waals surface area contributed by atoms with Crippen molar-refractivity contribution in [1.82, 2.24) is 23.9 Å². The van der Waals surface area contributed by atoms with Crippen LogP contribution in [0.25, 0.3) is 38.8 Å². The molecule has 0 aliphatic rings. The van der Waals surface area contributed by atoms with Gasteiger partial charge in [0.05, 0.1) is 47.8 Å². The molecule has 3 aromatic heterocycles. The fourth-order valence-electron chi connectivity index (χ4n) is 4.41. The van der Waals surface area contributed by atoms with Crippen molar-refractivity contribution in [2.24, 2.45) is 14.1 Å². The molecule has 9 nitrogen and oxygen atoms in total. The molecule has 2 aromatic carbocycles. The maximum atomic E-state index is 13.3. The lowest BCUT2D eigenvalue weighted by atomic mass is 10.0. The lowest BCUT2D eigenvalue weighted by Gasteiger charge is -2.13. The molecule has 9 heteroatoms. The second-order valence-electron chi connectivity index (χ2n) is 8.38. The molecule has 5 rings (SSSR count). The SMILES string of the molecule is COCCOc1ccc(-c2ccc3ncc4c(c3c2)n(-c2cn(C)nc2C)c(=O)n4C)cc1OC. The second-order valence-corrected chi connectivity index (χ2v) is 8.38. The molecule has 3 heterocycles. The fraction of sp³-hybridized carbons (Fsp3) is 0.269. The maximum Gasteiger partial charge on any atom is 0.333 e. The lowest BCUT2D eigenvalue weighted by molar-refractivity contribution is 0.144. The molecule has 0 aliphatic heterocycles. The molecule has 0 amide bonds. The number of aryl methyl sites for hydroxylation is 3. The zero-order chi connectivity index (χ0) is 24.7. The van der Waals surface area contributed by atoms with Crippen LogP contribution in [0.4, 0.5) is 0 Å². The van der Waals surface area contributed by atoms with E-state index in [1.54, 1.807) is 41.3 Å². The predicted octanol–water partition coefficient (Wildman–Crippen LogP) is 3.62. The van der Waals surface area contributed by atoms with Gasteiger partial charge in [0.25, 0.3) is 0 Å². The fourth-order valence-corrected chi connectivity index (χ4v) is 4.41. The Morgan fingerprint density at radius 1 is 0.971 bits per heavy atom. The minimum Gasteiger partial charge on any atom is -0.493 e. The number of fused-ring (bicyclic) bond motifs is 3. The molecule has 0 fully saturated rings. The maximum absolute atomic E-state index is 13.3. The quantitative estimate of drug-likeness (QED) is 0.336. The second kappa shape index (κ2) is 8.92. The van der Waals surface area contributed by atoms with Gasteiger partial charge in [-0.3, -0.25) is 18.8 Å². The van der Waals surface area contributed by atoms with E-state index >= 15 is 0 Å². The number of aromatic nitrogens is 5. The van der Waals surface area contributed by atoms with Gasteiger partial charge in [-0.15, -0.1) is 0 Å². The zero-order valence-electron chi connectivity index (χ0n) is 20.4. The van der Waals surface area contributed by atoms with E-state index in [1.165, 1.54) is 0 Å². The average Bonchev–Trinajstić information content (AvgIpc) is 3.33. The van der Waals surface area contributed by atoms with E-state index in [9.17, 15) is 4.79 Å². The number of rotatable bonds is 7. The van der Waals surface area contributed by atoms with E-state index in [-0.39, 0.29) is 5.69 Å². The number of imidazole rings is 1. The first-order valence-corrected chi connectivity index (χ1v) is 11.2. The lowest BCUT2D eigenvalue weighted by Crippen LogP contribution is -2.21. The van der Waals surface area contributed by atoms with Crippen LogP contribution in [-0.2, 0) is 18.8 Å². The minimum atomic E-state index is -0.143. The normalized spacial score (nSPS) is 11.5. The van der Waals surface area contributed by atoms with Crippen molar-refractivity contribution in [3.8, 4) is 28.3 Å². The summed E-state index contributed by atoms with van der Waals surface area (Å²) in [5, 5.41) is 5.32. The average molecular weight is 474 g/mol. The Morgan fingerprint density at radius 3 is 2.46 bits per heavy atom. The van der Waals surface area contributed by atoms with Crippen LogP contribution in [0.15, 0.2) is 53.6 Å². The van der Waals surface area contributed by atoms with Crippen LogP contribution >= 0.6 is 0 Å². The van der Waals surface area contributed by atoms with Crippen molar-refractivity contribution in [3.63, 3.8) is 0 Å². The molecule has 0 radical (unpaired) electrons. The Balaban J connectivity index is 1.70. The molecule has 0 aliphatic carbocycles. The van der Waals surface area contributed by atoms with Crippen molar-refractivity contribution in [2.75, 3.05) is 27.4 Å². The third kappa shape index (κ3) is 3.83. The van der Waals surface area contributed by atoms with Crippen LogP contribution in [0.1, 0.15) is 5.69 Å². The van der Waals surface area contributed by atoms with Gasteiger partial charge < -0.3 is 14.2 Å². The van der Waals surface area contributed by atoms with Crippen LogP contribution in [0, 0.1) is 6.92 Å². The van der Waals surface area contributed by atoms with Crippen molar-refractivity contribution >= 4 is 21.9 Å². The van der Waals surface area contributed by atoms with E-state index in [0.29, 0.717) is 24.7 Å². The van der Waals surface area contributed by atoms with E-state index in [4.69, 9.17) is 14.2 Å². The molecule has 0 N–H and O–H groups in total. The standard InChI is InChI=1S/C26H27N5O4/c1-16-22(15-29(2)28-16)31-25-19-12-17(6-8-20(19)27-14-21(25)30(3)26(31)32)18-7-9-23(24(13-18)34-5)35-11-10-33-4/h6-9,12-15H,10-11H2,1-5H3. The molecular weight excluding hydrogens is 446 g/mol. The molecule has 0 saturated carbocycles. The van der Waals surface area contributed by atoms with Crippen LogP contribution in [0.3, 0.4) is 0 Å². The highest BCUT2D eigenvalue weighted by molar-refractivity contribution is 6.04. The molecule has 180 valence electrons. The molecule has 35 heavy (non-hydrogen) atoms. The molecule has 5 aromatic rings.